The third-order valence-electron chi connectivity index (χ3n) is 4.41. The van der Waals surface area contributed by atoms with Crippen molar-refractivity contribution in [2.24, 2.45) is 0 Å². The smallest absolute Gasteiger partial charge is 0.278 e. The minimum absolute atomic E-state index is 0.0125. The summed E-state index contributed by atoms with van der Waals surface area (Å²) in [6, 6.07) is 2.81. The molecular formula is C18H15F2N5O2. The van der Waals surface area contributed by atoms with E-state index in [2.05, 4.69) is 20.1 Å². The lowest BCUT2D eigenvalue weighted by atomic mass is 9.96. The molecule has 1 saturated heterocycles. The van der Waals surface area contributed by atoms with Gasteiger partial charge in [-0.3, -0.25) is 9.78 Å². The van der Waals surface area contributed by atoms with Crippen LogP contribution in [0.1, 0.15) is 34.9 Å². The number of rotatable bonds is 3. The van der Waals surface area contributed by atoms with Crippen LogP contribution in [-0.2, 0) is 0 Å². The Labute approximate surface area is 153 Å². The zero-order chi connectivity index (χ0) is 18.8. The highest BCUT2D eigenvalue weighted by atomic mass is 19.1. The lowest BCUT2D eigenvalue weighted by Gasteiger charge is -2.31. The third-order valence-corrected chi connectivity index (χ3v) is 4.41. The van der Waals surface area contributed by atoms with Crippen molar-refractivity contribution in [2.45, 2.75) is 18.8 Å². The van der Waals surface area contributed by atoms with Crippen LogP contribution >= 0.6 is 0 Å². The van der Waals surface area contributed by atoms with Crippen LogP contribution in [0.2, 0.25) is 0 Å². The van der Waals surface area contributed by atoms with Crippen LogP contribution in [-0.4, -0.2) is 44.0 Å². The maximum Gasteiger partial charge on any atom is 0.278 e. The van der Waals surface area contributed by atoms with Crippen LogP contribution in [0.3, 0.4) is 0 Å². The minimum atomic E-state index is -0.779. The molecule has 7 nitrogen and oxygen atoms in total. The van der Waals surface area contributed by atoms with Crippen molar-refractivity contribution in [3.8, 4) is 11.6 Å². The molecule has 1 aromatic carbocycles. The summed E-state index contributed by atoms with van der Waals surface area (Å²) in [5.41, 5.74) is 0.455. The third kappa shape index (κ3) is 3.67. The van der Waals surface area contributed by atoms with Gasteiger partial charge >= 0.3 is 0 Å². The number of carbonyl (C=O) groups is 1. The predicted octanol–water partition coefficient (Wildman–Crippen LogP) is 2.82. The number of benzene rings is 1. The molecule has 3 aromatic rings. The zero-order valence-electron chi connectivity index (χ0n) is 14.2. The standard InChI is InChI=1S/C18H15F2N5O2/c19-13-6-12(7-14(20)8-13)18(26)25-5-1-2-11(10-25)16-23-17(27-24-16)15-9-21-3-4-22-15/h3-4,6-9,11H,1-2,5,10H2/t11-/m1/s1. The molecule has 138 valence electrons. The van der Waals surface area contributed by atoms with Crippen molar-refractivity contribution in [1.29, 1.82) is 0 Å². The summed E-state index contributed by atoms with van der Waals surface area (Å²) < 4.78 is 32.1. The largest absolute Gasteiger partial charge is 0.338 e. The first-order chi connectivity index (χ1) is 13.1. The molecule has 1 amide bonds. The molecule has 1 atom stereocenters. The summed E-state index contributed by atoms with van der Waals surface area (Å²) in [6.45, 7) is 0.846. The molecule has 1 aliphatic rings. The van der Waals surface area contributed by atoms with Crippen LogP contribution in [0.15, 0.2) is 41.3 Å². The number of carbonyl (C=O) groups excluding carboxylic acids is 1. The predicted molar refractivity (Wildman–Crippen MR) is 89.6 cm³/mol. The van der Waals surface area contributed by atoms with E-state index in [1.807, 2.05) is 0 Å². The highest BCUT2D eigenvalue weighted by Gasteiger charge is 2.29. The number of nitrogens with zero attached hydrogens (tertiary/aromatic N) is 5. The molecule has 0 N–H and O–H groups in total. The minimum Gasteiger partial charge on any atom is -0.338 e. The van der Waals surface area contributed by atoms with E-state index in [1.54, 1.807) is 11.1 Å². The molecule has 3 heterocycles. The van der Waals surface area contributed by atoms with E-state index in [-0.39, 0.29) is 17.4 Å². The number of likely N-dealkylation sites (tertiary alicyclic amines) is 1. The number of halogens is 2. The number of piperidine rings is 1. The van der Waals surface area contributed by atoms with E-state index in [0.717, 1.165) is 31.0 Å². The first kappa shape index (κ1) is 17.2. The van der Waals surface area contributed by atoms with Gasteiger partial charge in [-0.2, -0.15) is 4.98 Å². The van der Waals surface area contributed by atoms with Crippen molar-refractivity contribution in [1.82, 2.24) is 25.0 Å². The first-order valence-corrected chi connectivity index (χ1v) is 8.45. The van der Waals surface area contributed by atoms with E-state index < -0.39 is 17.5 Å². The molecule has 9 heteroatoms. The summed E-state index contributed by atoms with van der Waals surface area (Å²) in [4.78, 5) is 26.6. The fourth-order valence-electron chi connectivity index (χ4n) is 3.15. The molecule has 27 heavy (non-hydrogen) atoms. The molecule has 1 aliphatic heterocycles. The molecule has 0 bridgehead atoms. The Morgan fingerprint density at radius 1 is 1.19 bits per heavy atom. The summed E-state index contributed by atoms with van der Waals surface area (Å²) >= 11 is 0. The van der Waals surface area contributed by atoms with Gasteiger partial charge in [-0.05, 0) is 25.0 Å². The Hall–Kier alpha value is -3.23. The highest BCUT2D eigenvalue weighted by molar-refractivity contribution is 5.94. The monoisotopic (exact) mass is 371 g/mol. The van der Waals surface area contributed by atoms with Gasteiger partial charge in [0.05, 0.1) is 6.20 Å². The molecular weight excluding hydrogens is 356 g/mol. The van der Waals surface area contributed by atoms with Crippen LogP contribution in [0.25, 0.3) is 11.6 Å². The molecule has 0 aliphatic carbocycles. The normalized spacial score (nSPS) is 17.1. The molecule has 0 spiro atoms. The molecule has 0 saturated carbocycles. The van der Waals surface area contributed by atoms with Crippen molar-refractivity contribution in [3.05, 3.63) is 59.8 Å². The van der Waals surface area contributed by atoms with E-state index >= 15 is 0 Å². The second-order valence-electron chi connectivity index (χ2n) is 6.30. The van der Waals surface area contributed by atoms with Gasteiger partial charge in [-0.15, -0.1) is 0 Å². The van der Waals surface area contributed by atoms with Gasteiger partial charge in [0.2, 0.25) is 0 Å². The Bertz CT molecular complexity index is 943. The molecule has 0 radical (unpaired) electrons. The highest BCUT2D eigenvalue weighted by Crippen LogP contribution is 2.27. The van der Waals surface area contributed by atoms with E-state index in [9.17, 15) is 13.6 Å². The van der Waals surface area contributed by atoms with Gasteiger partial charge in [0.25, 0.3) is 11.8 Å². The molecule has 0 unspecified atom stereocenters. The van der Waals surface area contributed by atoms with Crippen molar-refractivity contribution in [3.63, 3.8) is 0 Å². The summed E-state index contributed by atoms with van der Waals surface area (Å²) in [7, 11) is 0. The maximum atomic E-state index is 13.4. The lowest BCUT2D eigenvalue weighted by molar-refractivity contribution is 0.0702. The van der Waals surface area contributed by atoms with Crippen LogP contribution in [0.4, 0.5) is 8.78 Å². The summed E-state index contributed by atoms with van der Waals surface area (Å²) in [5.74, 6) is -1.38. The Balaban J connectivity index is 1.51. The molecule has 4 rings (SSSR count). The maximum absolute atomic E-state index is 13.4. The van der Waals surface area contributed by atoms with Gasteiger partial charge in [0.1, 0.15) is 17.3 Å². The van der Waals surface area contributed by atoms with Gasteiger partial charge in [-0.25, -0.2) is 13.8 Å². The van der Waals surface area contributed by atoms with Crippen LogP contribution < -0.4 is 0 Å². The van der Waals surface area contributed by atoms with Crippen LogP contribution in [0, 0.1) is 11.6 Å². The number of hydrogen-bond acceptors (Lipinski definition) is 6. The fraction of sp³-hybridized carbons (Fsp3) is 0.278. The average molecular weight is 371 g/mol. The second-order valence-corrected chi connectivity index (χ2v) is 6.30. The van der Waals surface area contributed by atoms with E-state index in [0.29, 0.717) is 24.6 Å². The quantitative estimate of drug-likeness (QED) is 0.704. The molecule has 2 aromatic heterocycles. The van der Waals surface area contributed by atoms with E-state index in [1.165, 1.54) is 12.4 Å². The average Bonchev–Trinajstić information content (AvgIpc) is 3.18. The number of amides is 1. The van der Waals surface area contributed by atoms with Crippen molar-refractivity contribution < 1.29 is 18.1 Å². The van der Waals surface area contributed by atoms with Gasteiger partial charge in [-0.1, -0.05) is 5.16 Å². The summed E-state index contributed by atoms with van der Waals surface area (Å²) in [6.07, 6.45) is 6.09. The topological polar surface area (TPSA) is 85.0 Å². The van der Waals surface area contributed by atoms with Gasteiger partial charge < -0.3 is 9.42 Å². The van der Waals surface area contributed by atoms with Crippen LogP contribution in [0.5, 0.6) is 0 Å². The van der Waals surface area contributed by atoms with Gasteiger partial charge in [0, 0.05) is 43.0 Å². The Morgan fingerprint density at radius 2 is 2.00 bits per heavy atom. The lowest BCUT2D eigenvalue weighted by Crippen LogP contribution is -2.39. The number of hydrogen-bond donors (Lipinski definition) is 0. The Morgan fingerprint density at radius 3 is 2.74 bits per heavy atom. The fourth-order valence-corrected chi connectivity index (χ4v) is 3.15. The van der Waals surface area contributed by atoms with Gasteiger partial charge in [0.15, 0.2) is 5.82 Å². The Kier molecular flexibility index (Phi) is 4.57. The zero-order valence-corrected chi connectivity index (χ0v) is 14.2. The second kappa shape index (κ2) is 7.18. The SMILES string of the molecule is O=C(c1cc(F)cc(F)c1)N1CCC[C@@H](c2noc(-c3cnccn3)n2)C1. The van der Waals surface area contributed by atoms with Crippen molar-refractivity contribution >= 4 is 5.91 Å². The summed E-state index contributed by atoms with van der Waals surface area (Å²) in [5, 5.41) is 4.00. The number of aromatic nitrogens is 4. The first-order valence-electron chi connectivity index (χ1n) is 8.45. The van der Waals surface area contributed by atoms with Crippen molar-refractivity contribution in [2.75, 3.05) is 13.1 Å². The van der Waals surface area contributed by atoms with E-state index in [4.69, 9.17) is 4.52 Å². The molecule has 1 fully saturated rings.